The Morgan fingerprint density at radius 2 is 2.10 bits per heavy atom. The summed E-state index contributed by atoms with van der Waals surface area (Å²) >= 11 is 0. The van der Waals surface area contributed by atoms with Gasteiger partial charge in [0.2, 0.25) is 11.8 Å². The summed E-state index contributed by atoms with van der Waals surface area (Å²) in [7, 11) is 0. The van der Waals surface area contributed by atoms with Crippen LogP contribution in [0.3, 0.4) is 0 Å². The maximum absolute atomic E-state index is 13.0. The quantitative estimate of drug-likeness (QED) is 0.520. The van der Waals surface area contributed by atoms with Gasteiger partial charge in [0.25, 0.3) is 0 Å². The van der Waals surface area contributed by atoms with E-state index in [4.69, 9.17) is 9.47 Å². The fourth-order valence-corrected chi connectivity index (χ4v) is 3.83. The maximum Gasteiger partial charge on any atom is 0.247 e. The molecule has 7 nitrogen and oxygen atoms in total. The predicted molar refractivity (Wildman–Crippen MR) is 119 cm³/mol. The van der Waals surface area contributed by atoms with Crippen LogP contribution in [0.1, 0.15) is 25.3 Å². The van der Waals surface area contributed by atoms with Crippen LogP contribution in [-0.2, 0) is 20.7 Å². The van der Waals surface area contributed by atoms with Crippen molar-refractivity contribution in [1.82, 2.24) is 10.3 Å². The molecule has 31 heavy (non-hydrogen) atoms. The van der Waals surface area contributed by atoms with Gasteiger partial charge in [-0.25, -0.2) is 0 Å². The number of fused-ring (bicyclic) bond motifs is 1. The molecule has 0 bridgehead atoms. The minimum atomic E-state index is -0.701. The molecule has 0 saturated carbocycles. The highest BCUT2D eigenvalue weighted by molar-refractivity contribution is 5.97. The highest BCUT2D eigenvalue weighted by Gasteiger charge is 2.22. The van der Waals surface area contributed by atoms with Gasteiger partial charge in [-0.05, 0) is 36.6 Å². The van der Waals surface area contributed by atoms with E-state index in [1.807, 2.05) is 42.6 Å². The van der Waals surface area contributed by atoms with E-state index < -0.39 is 6.04 Å². The molecule has 1 aromatic heterocycles. The Kier molecular flexibility index (Phi) is 6.52. The van der Waals surface area contributed by atoms with Gasteiger partial charge in [-0.3, -0.25) is 9.59 Å². The number of hydrogen-bond acceptors (Lipinski definition) is 4. The third kappa shape index (κ3) is 5.44. The zero-order chi connectivity index (χ0) is 21.6. The van der Waals surface area contributed by atoms with Crippen LogP contribution >= 0.6 is 0 Å². The number of nitrogens with one attached hydrogen (secondary N) is 3. The fraction of sp³-hybridized carbons (Fsp3) is 0.333. The lowest BCUT2D eigenvalue weighted by Crippen LogP contribution is -2.44. The normalized spacial score (nSPS) is 16.7. The highest BCUT2D eigenvalue weighted by atomic mass is 16.5. The van der Waals surface area contributed by atoms with Crippen molar-refractivity contribution in [2.75, 3.05) is 18.5 Å². The van der Waals surface area contributed by atoms with E-state index >= 15 is 0 Å². The average Bonchev–Trinajstić information content (AvgIpc) is 3.42. The average molecular weight is 421 g/mol. The molecule has 0 aliphatic carbocycles. The summed E-state index contributed by atoms with van der Waals surface area (Å²) in [6.07, 6.45) is 4.45. The molecular weight excluding hydrogens is 394 g/mol. The van der Waals surface area contributed by atoms with E-state index in [0.717, 1.165) is 35.9 Å². The third-order valence-electron chi connectivity index (χ3n) is 5.35. The number of aromatic amines is 1. The Labute approximate surface area is 181 Å². The Morgan fingerprint density at radius 3 is 2.90 bits per heavy atom. The second-order valence-electron chi connectivity index (χ2n) is 7.78. The van der Waals surface area contributed by atoms with Gasteiger partial charge in [-0.15, -0.1) is 0 Å². The van der Waals surface area contributed by atoms with Gasteiger partial charge in [0.15, 0.2) is 0 Å². The molecule has 0 radical (unpaired) electrons. The zero-order valence-corrected chi connectivity index (χ0v) is 17.5. The second-order valence-corrected chi connectivity index (χ2v) is 7.78. The Bertz CT molecular complexity index is 1060. The first-order valence-corrected chi connectivity index (χ1v) is 10.6. The Balaban J connectivity index is 1.43. The number of carbonyl (C=O) groups excluding carboxylic acids is 2. The van der Waals surface area contributed by atoms with Gasteiger partial charge in [-0.1, -0.05) is 24.3 Å². The van der Waals surface area contributed by atoms with Gasteiger partial charge < -0.3 is 25.1 Å². The summed E-state index contributed by atoms with van der Waals surface area (Å²) in [5.74, 6) is 0.131. The topological polar surface area (TPSA) is 92.5 Å². The van der Waals surface area contributed by atoms with Crippen molar-refractivity contribution in [3.8, 4) is 5.75 Å². The van der Waals surface area contributed by atoms with Crippen LogP contribution < -0.4 is 15.4 Å². The number of hydrogen-bond donors (Lipinski definition) is 3. The van der Waals surface area contributed by atoms with Crippen LogP contribution in [0.25, 0.3) is 10.9 Å². The summed E-state index contributed by atoms with van der Waals surface area (Å²) < 4.78 is 11.4. The van der Waals surface area contributed by atoms with Crippen LogP contribution in [0, 0.1) is 0 Å². The monoisotopic (exact) mass is 421 g/mol. The molecule has 2 heterocycles. The molecule has 1 fully saturated rings. The largest absolute Gasteiger partial charge is 0.491 e. The molecule has 162 valence electrons. The number of ether oxygens (including phenoxy) is 2. The van der Waals surface area contributed by atoms with E-state index in [1.165, 1.54) is 6.92 Å². The van der Waals surface area contributed by atoms with Crippen molar-refractivity contribution >= 4 is 28.4 Å². The van der Waals surface area contributed by atoms with E-state index in [1.54, 1.807) is 12.1 Å². The molecule has 2 atom stereocenters. The van der Waals surface area contributed by atoms with E-state index in [-0.39, 0.29) is 17.9 Å². The van der Waals surface area contributed by atoms with Crippen LogP contribution in [-0.4, -0.2) is 42.2 Å². The number of benzene rings is 2. The van der Waals surface area contributed by atoms with Crippen LogP contribution in [0.4, 0.5) is 5.69 Å². The van der Waals surface area contributed by atoms with Gasteiger partial charge >= 0.3 is 0 Å². The molecule has 4 rings (SSSR count). The molecule has 2 aromatic carbocycles. The molecule has 1 saturated heterocycles. The van der Waals surface area contributed by atoms with Crippen LogP contribution in [0.15, 0.2) is 54.7 Å². The molecule has 1 aliphatic heterocycles. The number of anilines is 1. The SMILES string of the molecule is CC(=O)N[C@H](Cc1c[nH]c2ccccc12)C(=O)Nc1cccc(OC[C@@H]2CCCO2)c1. The summed E-state index contributed by atoms with van der Waals surface area (Å²) in [5.41, 5.74) is 2.58. The van der Waals surface area contributed by atoms with Crippen molar-refractivity contribution in [2.24, 2.45) is 0 Å². The van der Waals surface area contributed by atoms with Crippen molar-refractivity contribution in [2.45, 2.75) is 38.3 Å². The van der Waals surface area contributed by atoms with Gasteiger partial charge in [0, 0.05) is 48.8 Å². The van der Waals surface area contributed by atoms with Crippen molar-refractivity contribution in [1.29, 1.82) is 0 Å². The van der Waals surface area contributed by atoms with E-state index in [9.17, 15) is 9.59 Å². The minimum Gasteiger partial charge on any atom is -0.491 e. The number of para-hydroxylation sites is 1. The summed E-state index contributed by atoms with van der Waals surface area (Å²) in [5, 5.41) is 6.71. The smallest absolute Gasteiger partial charge is 0.247 e. The highest BCUT2D eigenvalue weighted by Crippen LogP contribution is 2.22. The molecule has 7 heteroatoms. The van der Waals surface area contributed by atoms with Crippen LogP contribution in [0.5, 0.6) is 5.75 Å². The van der Waals surface area contributed by atoms with Gasteiger partial charge in [-0.2, -0.15) is 0 Å². The number of rotatable bonds is 8. The maximum atomic E-state index is 13.0. The predicted octanol–water partition coefficient (Wildman–Crippen LogP) is 3.41. The summed E-state index contributed by atoms with van der Waals surface area (Å²) in [6.45, 7) is 2.69. The standard InChI is InChI=1S/C24H27N3O4/c1-16(28)26-23(12-17-14-25-22-10-3-2-9-21(17)22)24(29)27-18-6-4-7-19(13-18)31-15-20-8-5-11-30-20/h2-4,6-7,9-10,13-14,20,23,25H,5,8,11-12,15H2,1H3,(H,26,28)(H,27,29)/t20-,23+/m0/s1. The van der Waals surface area contributed by atoms with E-state index in [0.29, 0.717) is 24.5 Å². The molecular formula is C24H27N3O4. The third-order valence-corrected chi connectivity index (χ3v) is 5.35. The van der Waals surface area contributed by atoms with Crippen molar-refractivity contribution < 1.29 is 19.1 Å². The lowest BCUT2D eigenvalue weighted by Gasteiger charge is -2.18. The molecule has 2 amide bonds. The van der Waals surface area contributed by atoms with Crippen molar-refractivity contribution in [3.63, 3.8) is 0 Å². The molecule has 3 aromatic rings. The Hall–Kier alpha value is -3.32. The molecule has 1 aliphatic rings. The van der Waals surface area contributed by atoms with Crippen LogP contribution in [0.2, 0.25) is 0 Å². The molecule has 0 spiro atoms. The number of carbonyl (C=O) groups is 2. The van der Waals surface area contributed by atoms with Gasteiger partial charge in [0.1, 0.15) is 18.4 Å². The number of aromatic nitrogens is 1. The lowest BCUT2D eigenvalue weighted by molar-refractivity contribution is -0.125. The molecule has 3 N–H and O–H groups in total. The first-order chi connectivity index (χ1) is 15.1. The van der Waals surface area contributed by atoms with Crippen molar-refractivity contribution in [3.05, 3.63) is 60.3 Å². The number of amides is 2. The molecule has 0 unspecified atom stereocenters. The first kappa shape index (κ1) is 20.9. The number of H-pyrrole nitrogens is 1. The summed E-state index contributed by atoms with van der Waals surface area (Å²) in [6, 6.07) is 14.4. The minimum absolute atomic E-state index is 0.124. The summed E-state index contributed by atoms with van der Waals surface area (Å²) in [4.78, 5) is 27.9. The fourth-order valence-electron chi connectivity index (χ4n) is 3.83. The first-order valence-electron chi connectivity index (χ1n) is 10.6. The lowest BCUT2D eigenvalue weighted by atomic mass is 10.0. The Morgan fingerprint density at radius 1 is 1.23 bits per heavy atom. The van der Waals surface area contributed by atoms with Gasteiger partial charge in [0.05, 0.1) is 6.10 Å². The van der Waals surface area contributed by atoms with E-state index in [2.05, 4.69) is 15.6 Å². The zero-order valence-electron chi connectivity index (χ0n) is 17.5. The second kappa shape index (κ2) is 9.66.